The van der Waals surface area contributed by atoms with Gasteiger partial charge >= 0.3 is 0 Å². The third-order valence-corrected chi connectivity index (χ3v) is 2.75. The van der Waals surface area contributed by atoms with E-state index in [-0.39, 0.29) is 0 Å². The zero-order valence-corrected chi connectivity index (χ0v) is 9.96. The molecule has 4 nitrogen and oxygen atoms in total. The second-order valence-electron chi connectivity index (χ2n) is 4.50. The van der Waals surface area contributed by atoms with Gasteiger partial charge in [0.05, 0.1) is 12.2 Å². The van der Waals surface area contributed by atoms with E-state index in [9.17, 15) is 5.11 Å². The van der Waals surface area contributed by atoms with Crippen LogP contribution in [0.25, 0.3) is 0 Å². The number of ether oxygens (including phenoxy) is 1. The fraction of sp³-hybridized carbons (Fsp3) is 1.00. The van der Waals surface area contributed by atoms with E-state index in [1.165, 1.54) is 0 Å². The van der Waals surface area contributed by atoms with Gasteiger partial charge in [-0.05, 0) is 26.4 Å². The summed E-state index contributed by atoms with van der Waals surface area (Å²) in [5, 5.41) is 13.3. The van der Waals surface area contributed by atoms with Crippen molar-refractivity contribution in [1.82, 2.24) is 10.2 Å². The Balaban J connectivity index is 2.09. The SMILES string of the molecule is CCCOCCN(C)CC1(O)CCNC1. The molecule has 1 heterocycles. The lowest BCUT2D eigenvalue weighted by molar-refractivity contribution is 0.0189. The van der Waals surface area contributed by atoms with Crippen LogP contribution in [-0.4, -0.2) is 62.0 Å². The molecular weight excluding hydrogens is 192 g/mol. The molecule has 0 spiro atoms. The van der Waals surface area contributed by atoms with Crippen molar-refractivity contribution in [1.29, 1.82) is 0 Å². The maximum Gasteiger partial charge on any atom is 0.0909 e. The Bertz CT molecular complexity index is 170. The largest absolute Gasteiger partial charge is 0.387 e. The maximum absolute atomic E-state index is 10.1. The quantitative estimate of drug-likeness (QED) is 0.591. The third-order valence-electron chi connectivity index (χ3n) is 2.75. The molecule has 0 aromatic carbocycles. The van der Waals surface area contributed by atoms with Crippen LogP contribution < -0.4 is 5.32 Å². The van der Waals surface area contributed by atoms with Crippen molar-refractivity contribution in [2.24, 2.45) is 0 Å². The normalized spacial score (nSPS) is 26.4. The molecule has 0 saturated carbocycles. The van der Waals surface area contributed by atoms with Crippen LogP contribution in [0.1, 0.15) is 19.8 Å². The van der Waals surface area contributed by atoms with Gasteiger partial charge in [0, 0.05) is 26.2 Å². The van der Waals surface area contributed by atoms with Crippen LogP contribution in [0.2, 0.25) is 0 Å². The Morgan fingerprint density at radius 3 is 2.87 bits per heavy atom. The minimum Gasteiger partial charge on any atom is -0.387 e. The van der Waals surface area contributed by atoms with Gasteiger partial charge in [0.25, 0.3) is 0 Å². The molecule has 0 bridgehead atoms. The van der Waals surface area contributed by atoms with Gasteiger partial charge in [-0.2, -0.15) is 0 Å². The average Bonchev–Trinajstić information content (AvgIpc) is 2.59. The lowest BCUT2D eigenvalue weighted by Gasteiger charge is -2.27. The van der Waals surface area contributed by atoms with E-state index in [1.54, 1.807) is 0 Å². The topological polar surface area (TPSA) is 44.7 Å². The number of nitrogens with zero attached hydrogens (tertiary/aromatic N) is 1. The fourth-order valence-corrected chi connectivity index (χ4v) is 1.91. The summed E-state index contributed by atoms with van der Waals surface area (Å²) in [6.07, 6.45) is 1.92. The highest BCUT2D eigenvalue weighted by molar-refractivity contribution is 4.89. The molecule has 1 aliphatic heterocycles. The molecule has 1 rings (SSSR count). The maximum atomic E-state index is 10.1. The monoisotopic (exact) mass is 216 g/mol. The first-order valence-corrected chi connectivity index (χ1v) is 5.86. The van der Waals surface area contributed by atoms with Gasteiger partial charge in [-0.15, -0.1) is 0 Å². The molecular formula is C11H24N2O2. The predicted octanol–water partition coefficient (Wildman–Crippen LogP) is 0.0692. The fourth-order valence-electron chi connectivity index (χ4n) is 1.91. The van der Waals surface area contributed by atoms with Crippen LogP contribution in [0.15, 0.2) is 0 Å². The van der Waals surface area contributed by atoms with E-state index in [4.69, 9.17) is 4.74 Å². The summed E-state index contributed by atoms with van der Waals surface area (Å²) in [5.74, 6) is 0. The summed E-state index contributed by atoms with van der Waals surface area (Å²) in [7, 11) is 2.03. The molecule has 1 unspecified atom stereocenters. The van der Waals surface area contributed by atoms with Gasteiger partial charge in [0.2, 0.25) is 0 Å². The predicted molar refractivity (Wildman–Crippen MR) is 61.0 cm³/mol. The Kier molecular flexibility index (Phi) is 5.53. The van der Waals surface area contributed by atoms with Crippen molar-refractivity contribution in [3.63, 3.8) is 0 Å². The summed E-state index contributed by atoms with van der Waals surface area (Å²) in [6.45, 7) is 6.96. The van der Waals surface area contributed by atoms with E-state index < -0.39 is 5.60 Å². The number of likely N-dealkylation sites (N-methyl/N-ethyl adjacent to an activating group) is 1. The molecule has 1 fully saturated rings. The summed E-state index contributed by atoms with van der Waals surface area (Å²) in [6, 6.07) is 0. The van der Waals surface area contributed by atoms with E-state index in [1.807, 2.05) is 7.05 Å². The van der Waals surface area contributed by atoms with Gasteiger partial charge in [0.15, 0.2) is 0 Å². The minimum atomic E-state index is -0.528. The zero-order valence-electron chi connectivity index (χ0n) is 9.96. The summed E-state index contributed by atoms with van der Waals surface area (Å²) < 4.78 is 5.41. The number of rotatable bonds is 7. The highest BCUT2D eigenvalue weighted by atomic mass is 16.5. The molecule has 90 valence electrons. The van der Waals surface area contributed by atoms with Gasteiger partial charge in [-0.3, -0.25) is 0 Å². The van der Waals surface area contributed by atoms with Crippen LogP contribution in [0, 0.1) is 0 Å². The first-order valence-electron chi connectivity index (χ1n) is 5.86. The van der Waals surface area contributed by atoms with Crippen molar-refractivity contribution in [2.45, 2.75) is 25.4 Å². The van der Waals surface area contributed by atoms with Crippen molar-refractivity contribution in [3.05, 3.63) is 0 Å². The van der Waals surface area contributed by atoms with Crippen molar-refractivity contribution in [3.8, 4) is 0 Å². The first kappa shape index (κ1) is 12.9. The zero-order chi connectivity index (χ0) is 11.1. The third kappa shape index (κ3) is 4.93. The Morgan fingerprint density at radius 2 is 2.27 bits per heavy atom. The van der Waals surface area contributed by atoms with Crippen molar-refractivity contribution < 1.29 is 9.84 Å². The van der Waals surface area contributed by atoms with Crippen LogP contribution in [0.5, 0.6) is 0 Å². The Labute approximate surface area is 92.6 Å². The van der Waals surface area contributed by atoms with Crippen molar-refractivity contribution >= 4 is 0 Å². The second kappa shape index (κ2) is 6.43. The van der Waals surface area contributed by atoms with Gasteiger partial charge < -0.3 is 20.1 Å². The number of β-amino-alcohol motifs (C(OH)–C–C–N with tert-alkyl or cyclic N) is 1. The molecule has 1 atom stereocenters. The van der Waals surface area contributed by atoms with Crippen LogP contribution >= 0.6 is 0 Å². The van der Waals surface area contributed by atoms with Crippen molar-refractivity contribution in [2.75, 3.05) is 46.4 Å². The molecule has 4 heteroatoms. The van der Waals surface area contributed by atoms with Gasteiger partial charge in [-0.25, -0.2) is 0 Å². The molecule has 15 heavy (non-hydrogen) atoms. The van der Waals surface area contributed by atoms with E-state index in [0.29, 0.717) is 6.54 Å². The number of aliphatic hydroxyl groups is 1. The molecule has 0 amide bonds. The standard InChI is InChI=1S/C11H24N2O2/c1-3-7-15-8-6-13(2)10-11(14)4-5-12-9-11/h12,14H,3-10H2,1-2H3. The van der Waals surface area contributed by atoms with Gasteiger partial charge in [0.1, 0.15) is 0 Å². The highest BCUT2D eigenvalue weighted by Crippen LogP contribution is 2.14. The first-order chi connectivity index (χ1) is 7.16. The van der Waals surface area contributed by atoms with E-state index in [2.05, 4.69) is 17.1 Å². The van der Waals surface area contributed by atoms with E-state index >= 15 is 0 Å². The second-order valence-corrected chi connectivity index (χ2v) is 4.50. The van der Waals surface area contributed by atoms with Gasteiger partial charge in [-0.1, -0.05) is 6.92 Å². The number of hydrogen-bond donors (Lipinski definition) is 2. The smallest absolute Gasteiger partial charge is 0.0909 e. The number of nitrogens with one attached hydrogen (secondary N) is 1. The average molecular weight is 216 g/mol. The molecule has 0 radical (unpaired) electrons. The van der Waals surface area contributed by atoms with E-state index in [0.717, 1.165) is 45.7 Å². The lowest BCUT2D eigenvalue weighted by Crippen LogP contribution is -2.44. The van der Waals surface area contributed by atoms with Crippen LogP contribution in [-0.2, 0) is 4.74 Å². The van der Waals surface area contributed by atoms with Crippen LogP contribution in [0.4, 0.5) is 0 Å². The molecule has 2 N–H and O–H groups in total. The highest BCUT2D eigenvalue weighted by Gasteiger charge is 2.31. The van der Waals surface area contributed by atoms with Crippen LogP contribution in [0.3, 0.4) is 0 Å². The minimum absolute atomic E-state index is 0.528. The molecule has 0 aromatic heterocycles. The summed E-state index contributed by atoms with van der Waals surface area (Å²) >= 11 is 0. The summed E-state index contributed by atoms with van der Waals surface area (Å²) in [4.78, 5) is 2.14. The Morgan fingerprint density at radius 1 is 1.47 bits per heavy atom. The molecule has 0 aliphatic carbocycles. The molecule has 1 saturated heterocycles. The number of hydrogen-bond acceptors (Lipinski definition) is 4. The lowest BCUT2D eigenvalue weighted by atomic mass is 10.0. The Hall–Kier alpha value is -0.160. The molecule has 0 aromatic rings. The molecule has 1 aliphatic rings. The summed E-state index contributed by atoms with van der Waals surface area (Å²) in [5.41, 5.74) is -0.528.